The van der Waals surface area contributed by atoms with Gasteiger partial charge in [0.25, 0.3) is 11.0 Å². The molecular formula is C17H22N4O2. The fraction of sp³-hybridized carbons (Fsp3) is 0.471. The molecule has 1 N–H and O–H groups in total. The summed E-state index contributed by atoms with van der Waals surface area (Å²) in [5, 5.41) is 13.3. The molecule has 2 atom stereocenters. The third-order valence-electron chi connectivity index (χ3n) is 4.75. The highest BCUT2D eigenvalue weighted by atomic mass is 16.4. The molecule has 1 aliphatic heterocycles. The van der Waals surface area contributed by atoms with Gasteiger partial charge in [0.2, 0.25) is 0 Å². The molecule has 1 fully saturated rings. The summed E-state index contributed by atoms with van der Waals surface area (Å²) in [7, 11) is 1.67. The first-order chi connectivity index (χ1) is 11.0. The van der Waals surface area contributed by atoms with Crippen molar-refractivity contribution < 1.29 is 5.21 Å². The molecule has 6 heteroatoms. The van der Waals surface area contributed by atoms with E-state index in [1.165, 1.54) is 11.0 Å². The van der Waals surface area contributed by atoms with Crippen LogP contribution in [0.15, 0.2) is 34.2 Å². The lowest BCUT2D eigenvalue weighted by Gasteiger charge is -2.40. The third-order valence-corrected chi connectivity index (χ3v) is 4.75. The van der Waals surface area contributed by atoms with Gasteiger partial charge in [0.05, 0.1) is 5.52 Å². The Kier molecular flexibility index (Phi) is 4.07. The number of aryl methyl sites for hydroxylation is 1. The van der Waals surface area contributed by atoms with Crippen LogP contribution in [-0.4, -0.2) is 26.8 Å². The van der Waals surface area contributed by atoms with Crippen LogP contribution in [0.2, 0.25) is 0 Å². The number of hydrogen-bond donors (Lipinski definition) is 1. The van der Waals surface area contributed by atoms with Crippen molar-refractivity contribution in [3.05, 3.63) is 40.1 Å². The molecule has 1 aliphatic rings. The molecule has 0 bridgehead atoms. The summed E-state index contributed by atoms with van der Waals surface area (Å²) in [6.45, 7) is 4.35. The standard InChI is InChI=1S/C17H22N4O2/c1-11-7-6-8-12(2)21(11)16-13-9-4-5-10-14(13)20(3)17(22)15(18-16)19-23/h4-5,9-12,23H,6-8H2,1-3H3/b19-15+/t11-,12+. The number of piperidine rings is 1. The molecule has 0 radical (unpaired) electrons. The Morgan fingerprint density at radius 2 is 1.87 bits per heavy atom. The first-order valence-corrected chi connectivity index (χ1v) is 8.01. The minimum absolute atomic E-state index is 0.177. The van der Waals surface area contributed by atoms with Gasteiger partial charge in [-0.15, -0.1) is 0 Å². The van der Waals surface area contributed by atoms with Gasteiger partial charge in [-0.2, -0.15) is 0 Å². The van der Waals surface area contributed by atoms with E-state index in [0.29, 0.717) is 17.9 Å². The topological polar surface area (TPSA) is 70.7 Å². The van der Waals surface area contributed by atoms with Gasteiger partial charge in [0.15, 0.2) is 0 Å². The number of rotatable bonds is 1. The average molecular weight is 314 g/mol. The van der Waals surface area contributed by atoms with Gasteiger partial charge in [-0.05, 0) is 45.2 Å². The highest BCUT2D eigenvalue weighted by molar-refractivity contribution is 5.89. The van der Waals surface area contributed by atoms with Crippen molar-refractivity contribution in [1.82, 2.24) is 9.55 Å². The van der Waals surface area contributed by atoms with Gasteiger partial charge >= 0.3 is 0 Å². The van der Waals surface area contributed by atoms with Gasteiger partial charge in [-0.1, -0.05) is 17.3 Å². The summed E-state index contributed by atoms with van der Waals surface area (Å²) >= 11 is 0. The minimum atomic E-state index is -0.410. The average Bonchev–Trinajstić information content (AvgIpc) is 2.65. The lowest BCUT2D eigenvalue weighted by Crippen LogP contribution is -2.45. The summed E-state index contributed by atoms with van der Waals surface area (Å²) in [6.07, 6.45) is 3.36. The Hall–Kier alpha value is -2.37. The highest BCUT2D eigenvalue weighted by Crippen LogP contribution is 2.31. The molecule has 1 aromatic heterocycles. The van der Waals surface area contributed by atoms with Crippen LogP contribution in [0.5, 0.6) is 0 Å². The molecule has 6 nitrogen and oxygen atoms in total. The van der Waals surface area contributed by atoms with Crippen LogP contribution in [0, 0.1) is 0 Å². The Morgan fingerprint density at radius 1 is 1.22 bits per heavy atom. The maximum atomic E-state index is 12.4. The minimum Gasteiger partial charge on any atom is -0.409 e. The van der Waals surface area contributed by atoms with Gasteiger partial charge < -0.3 is 14.7 Å². The van der Waals surface area contributed by atoms with E-state index in [1.54, 1.807) is 7.05 Å². The highest BCUT2D eigenvalue weighted by Gasteiger charge is 2.27. The fourth-order valence-corrected chi connectivity index (χ4v) is 3.52. The van der Waals surface area contributed by atoms with Crippen LogP contribution in [0.1, 0.15) is 33.1 Å². The molecule has 23 heavy (non-hydrogen) atoms. The lowest BCUT2D eigenvalue weighted by atomic mass is 9.97. The van der Waals surface area contributed by atoms with E-state index < -0.39 is 5.56 Å². The molecule has 0 aliphatic carbocycles. The molecule has 3 rings (SSSR count). The van der Waals surface area contributed by atoms with Crippen LogP contribution in [0.3, 0.4) is 0 Å². The van der Waals surface area contributed by atoms with Gasteiger partial charge in [-0.3, -0.25) is 4.79 Å². The number of hydrogen-bond acceptors (Lipinski definition) is 5. The van der Waals surface area contributed by atoms with Gasteiger partial charge in [0.1, 0.15) is 5.82 Å². The largest absolute Gasteiger partial charge is 0.409 e. The second kappa shape index (κ2) is 6.02. The van der Waals surface area contributed by atoms with Crippen LogP contribution >= 0.6 is 0 Å². The predicted molar refractivity (Wildman–Crippen MR) is 89.6 cm³/mol. The summed E-state index contributed by atoms with van der Waals surface area (Å²) in [4.78, 5) is 19.1. The van der Waals surface area contributed by atoms with Crippen molar-refractivity contribution in [2.45, 2.75) is 45.2 Å². The molecule has 2 aromatic rings. The summed E-state index contributed by atoms with van der Waals surface area (Å²) in [5.41, 5.74) is 0.191. The monoisotopic (exact) mass is 314 g/mol. The molecule has 0 unspecified atom stereocenters. The molecule has 2 heterocycles. The number of anilines is 1. The van der Waals surface area contributed by atoms with Crippen molar-refractivity contribution >= 4 is 16.7 Å². The predicted octanol–water partition coefficient (Wildman–Crippen LogP) is 1.99. The van der Waals surface area contributed by atoms with E-state index in [2.05, 4.69) is 28.9 Å². The third kappa shape index (κ3) is 2.58. The SMILES string of the molecule is C[C@@H]1CCC[C@H](C)N1c1n/c(=N/O)c(=O)n(C)c2ccccc12. The summed E-state index contributed by atoms with van der Waals surface area (Å²) in [6, 6.07) is 8.33. The van der Waals surface area contributed by atoms with E-state index in [4.69, 9.17) is 0 Å². The molecule has 0 saturated carbocycles. The second-order valence-electron chi connectivity index (χ2n) is 6.28. The lowest BCUT2D eigenvalue weighted by molar-refractivity contribution is 0.297. The van der Waals surface area contributed by atoms with Crippen molar-refractivity contribution in [2.24, 2.45) is 12.2 Å². The molecule has 0 amide bonds. The zero-order valence-corrected chi connectivity index (χ0v) is 13.7. The van der Waals surface area contributed by atoms with E-state index in [9.17, 15) is 10.0 Å². The molecule has 1 saturated heterocycles. The fourth-order valence-electron chi connectivity index (χ4n) is 3.52. The van der Waals surface area contributed by atoms with Crippen LogP contribution in [0.25, 0.3) is 10.9 Å². The van der Waals surface area contributed by atoms with E-state index in [0.717, 1.165) is 23.7 Å². The first kappa shape index (κ1) is 15.5. The first-order valence-electron chi connectivity index (χ1n) is 8.01. The second-order valence-corrected chi connectivity index (χ2v) is 6.28. The van der Waals surface area contributed by atoms with Crippen molar-refractivity contribution in [3.8, 4) is 0 Å². The number of nitrogens with zero attached hydrogens (tertiary/aromatic N) is 4. The zero-order valence-electron chi connectivity index (χ0n) is 13.7. The Bertz CT molecular complexity index is 849. The summed E-state index contributed by atoms with van der Waals surface area (Å²) in [5.74, 6) is 0.714. The number of para-hydroxylation sites is 1. The normalized spacial score (nSPS) is 22.6. The molecule has 0 spiro atoms. The zero-order chi connectivity index (χ0) is 16.6. The van der Waals surface area contributed by atoms with E-state index in [-0.39, 0.29) is 5.49 Å². The smallest absolute Gasteiger partial charge is 0.299 e. The van der Waals surface area contributed by atoms with E-state index >= 15 is 0 Å². The van der Waals surface area contributed by atoms with Crippen LogP contribution < -0.4 is 15.9 Å². The number of aromatic nitrogens is 2. The number of benzene rings is 1. The van der Waals surface area contributed by atoms with Crippen molar-refractivity contribution in [3.63, 3.8) is 0 Å². The Balaban J connectivity index is 2.43. The van der Waals surface area contributed by atoms with Gasteiger partial charge in [-0.25, -0.2) is 4.98 Å². The molecule has 1 aromatic carbocycles. The van der Waals surface area contributed by atoms with Gasteiger partial charge in [0, 0.05) is 24.5 Å². The molecular weight excluding hydrogens is 292 g/mol. The maximum absolute atomic E-state index is 12.4. The maximum Gasteiger partial charge on any atom is 0.299 e. The Labute approximate surface area is 134 Å². The van der Waals surface area contributed by atoms with E-state index in [1.807, 2.05) is 24.3 Å². The number of fused-ring (bicyclic) bond motifs is 1. The van der Waals surface area contributed by atoms with Crippen LogP contribution in [0.4, 0.5) is 5.82 Å². The van der Waals surface area contributed by atoms with Crippen molar-refractivity contribution in [1.29, 1.82) is 0 Å². The van der Waals surface area contributed by atoms with Crippen molar-refractivity contribution in [2.75, 3.05) is 4.90 Å². The summed E-state index contributed by atoms with van der Waals surface area (Å²) < 4.78 is 1.49. The van der Waals surface area contributed by atoms with Crippen LogP contribution in [-0.2, 0) is 7.05 Å². The Morgan fingerprint density at radius 3 is 2.52 bits per heavy atom. The molecule has 122 valence electrons. The quantitative estimate of drug-likeness (QED) is 0.645.